The molecule has 0 spiro atoms. The van der Waals surface area contributed by atoms with Crippen LogP contribution in [-0.2, 0) is 9.59 Å². The number of hydrogen-bond donors (Lipinski definition) is 3. The van der Waals surface area contributed by atoms with Gasteiger partial charge in [0, 0.05) is 0 Å². The molecule has 5 heteroatoms. The predicted molar refractivity (Wildman–Crippen MR) is 53.0 cm³/mol. The number of Topliss-reactive ketones (excluding diaryl/α,β-unsaturated/α-hetero) is 1. The van der Waals surface area contributed by atoms with Crippen LogP contribution in [0.3, 0.4) is 0 Å². The minimum Gasteiger partial charge on any atom is -0.475 e. The first-order valence-electron chi connectivity index (χ1n) is 4.84. The van der Waals surface area contributed by atoms with Crippen LogP contribution < -0.4 is 11.1 Å². The molecule has 5 nitrogen and oxygen atoms in total. The van der Waals surface area contributed by atoms with Crippen LogP contribution >= 0.6 is 0 Å². The summed E-state index contributed by atoms with van der Waals surface area (Å²) in [5.74, 6) is -2.13. The molecule has 0 aliphatic heterocycles. The minimum atomic E-state index is -1.37. The Balaban J connectivity index is 4.00. The number of carbonyl (C=O) groups is 2. The van der Waals surface area contributed by atoms with Crippen molar-refractivity contribution in [3.05, 3.63) is 0 Å². The molecule has 82 valence electrons. The standard InChI is InChI=1S/C9H18N2O3/c1-2-11-7(5-3-4-6-10)8(12)9(13)14/h7,11H,2-6,10H2,1H3,(H,13,14)/t7-/m0/s1. The minimum absolute atomic E-state index is 0.538. The quantitative estimate of drug-likeness (QED) is 0.373. The summed E-state index contributed by atoms with van der Waals surface area (Å²) in [4.78, 5) is 21.6. The van der Waals surface area contributed by atoms with Gasteiger partial charge in [-0.1, -0.05) is 13.3 Å². The van der Waals surface area contributed by atoms with E-state index in [1.165, 1.54) is 0 Å². The maximum absolute atomic E-state index is 11.1. The monoisotopic (exact) mass is 202 g/mol. The molecule has 0 bridgehead atoms. The molecule has 0 saturated heterocycles. The SMILES string of the molecule is CCN[C@@H](CCCCN)C(=O)C(=O)O. The molecule has 0 unspecified atom stereocenters. The van der Waals surface area contributed by atoms with E-state index in [1.807, 2.05) is 6.92 Å². The summed E-state index contributed by atoms with van der Waals surface area (Å²) in [6.45, 7) is 3.00. The number of likely N-dealkylation sites (N-methyl/N-ethyl adjacent to an activating group) is 1. The molecular formula is C9H18N2O3. The van der Waals surface area contributed by atoms with E-state index in [2.05, 4.69) is 5.32 Å². The molecular weight excluding hydrogens is 184 g/mol. The highest BCUT2D eigenvalue weighted by Crippen LogP contribution is 2.01. The van der Waals surface area contributed by atoms with Crippen molar-refractivity contribution in [3.8, 4) is 0 Å². The van der Waals surface area contributed by atoms with E-state index in [0.29, 0.717) is 19.5 Å². The third kappa shape index (κ3) is 4.94. The number of carbonyl (C=O) groups excluding carboxylic acids is 1. The van der Waals surface area contributed by atoms with Gasteiger partial charge in [0.25, 0.3) is 5.78 Å². The molecule has 14 heavy (non-hydrogen) atoms. The number of unbranched alkanes of at least 4 members (excludes halogenated alkanes) is 1. The van der Waals surface area contributed by atoms with Crippen LogP contribution in [0.1, 0.15) is 26.2 Å². The van der Waals surface area contributed by atoms with Gasteiger partial charge in [-0.25, -0.2) is 4.79 Å². The van der Waals surface area contributed by atoms with Crippen LogP contribution in [0.4, 0.5) is 0 Å². The van der Waals surface area contributed by atoms with Gasteiger partial charge in [0.15, 0.2) is 0 Å². The Labute approximate surface area is 83.7 Å². The summed E-state index contributed by atoms with van der Waals surface area (Å²) in [5.41, 5.74) is 5.30. The maximum atomic E-state index is 11.1. The topological polar surface area (TPSA) is 92.4 Å². The lowest BCUT2D eigenvalue weighted by atomic mass is 10.1. The molecule has 0 aliphatic rings. The van der Waals surface area contributed by atoms with Crippen LogP contribution in [-0.4, -0.2) is 36.0 Å². The van der Waals surface area contributed by atoms with E-state index in [0.717, 1.165) is 12.8 Å². The fraction of sp³-hybridized carbons (Fsp3) is 0.778. The largest absolute Gasteiger partial charge is 0.475 e. The molecule has 0 aromatic heterocycles. The maximum Gasteiger partial charge on any atom is 0.373 e. The molecule has 0 aromatic carbocycles. The molecule has 0 saturated carbocycles. The van der Waals surface area contributed by atoms with E-state index in [4.69, 9.17) is 10.8 Å². The van der Waals surface area contributed by atoms with Crippen molar-refractivity contribution >= 4 is 11.8 Å². The molecule has 1 atom stereocenters. The average Bonchev–Trinajstić information content (AvgIpc) is 2.15. The third-order valence-electron chi connectivity index (χ3n) is 1.92. The normalized spacial score (nSPS) is 12.4. The van der Waals surface area contributed by atoms with Crippen molar-refractivity contribution in [2.75, 3.05) is 13.1 Å². The average molecular weight is 202 g/mol. The Morgan fingerprint density at radius 2 is 2.07 bits per heavy atom. The van der Waals surface area contributed by atoms with Gasteiger partial charge >= 0.3 is 5.97 Å². The van der Waals surface area contributed by atoms with Gasteiger partial charge in [0.1, 0.15) is 0 Å². The molecule has 0 amide bonds. The Kier molecular flexibility index (Phi) is 6.96. The van der Waals surface area contributed by atoms with Crippen LogP contribution in [0.25, 0.3) is 0 Å². The van der Waals surface area contributed by atoms with Crippen molar-refractivity contribution < 1.29 is 14.7 Å². The highest BCUT2D eigenvalue weighted by molar-refractivity contribution is 6.34. The molecule has 0 aromatic rings. The summed E-state index contributed by atoms with van der Waals surface area (Å²) in [6, 6.07) is -0.566. The Bertz CT molecular complexity index is 194. The molecule has 0 fully saturated rings. The zero-order chi connectivity index (χ0) is 11.0. The van der Waals surface area contributed by atoms with Crippen molar-refractivity contribution in [1.29, 1.82) is 0 Å². The van der Waals surface area contributed by atoms with Crippen LogP contribution in [0, 0.1) is 0 Å². The second kappa shape index (κ2) is 7.46. The Morgan fingerprint density at radius 3 is 2.50 bits per heavy atom. The number of aliphatic carboxylic acids is 1. The fourth-order valence-electron chi connectivity index (χ4n) is 1.21. The summed E-state index contributed by atoms with van der Waals surface area (Å²) in [7, 11) is 0. The summed E-state index contributed by atoms with van der Waals surface area (Å²) >= 11 is 0. The lowest BCUT2D eigenvalue weighted by Gasteiger charge is -2.13. The van der Waals surface area contributed by atoms with Gasteiger partial charge in [-0.2, -0.15) is 0 Å². The van der Waals surface area contributed by atoms with Gasteiger partial charge < -0.3 is 16.2 Å². The number of ketones is 1. The number of hydrogen-bond acceptors (Lipinski definition) is 4. The lowest BCUT2D eigenvalue weighted by molar-refractivity contribution is -0.150. The van der Waals surface area contributed by atoms with Crippen LogP contribution in [0.15, 0.2) is 0 Å². The first-order chi connectivity index (χ1) is 6.63. The Hall–Kier alpha value is -0.940. The summed E-state index contributed by atoms with van der Waals surface area (Å²) in [6.07, 6.45) is 2.12. The molecule has 0 heterocycles. The van der Waals surface area contributed by atoms with Crippen molar-refractivity contribution in [2.24, 2.45) is 5.73 Å². The third-order valence-corrected chi connectivity index (χ3v) is 1.92. The van der Waals surface area contributed by atoms with Gasteiger partial charge in [0.05, 0.1) is 6.04 Å². The van der Waals surface area contributed by atoms with E-state index < -0.39 is 17.8 Å². The van der Waals surface area contributed by atoms with Crippen LogP contribution in [0.5, 0.6) is 0 Å². The number of carboxylic acid groups (broad SMARTS) is 1. The van der Waals surface area contributed by atoms with Gasteiger partial charge in [-0.3, -0.25) is 4.79 Å². The fourth-order valence-corrected chi connectivity index (χ4v) is 1.21. The van der Waals surface area contributed by atoms with E-state index in [9.17, 15) is 9.59 Å². The zero-order valence-corrected chi connectivity index (χ0v) is 8.45. The summed E-state index contributed by atoms with van der Waals surface area (Å²) in [5, 5.41) is 11.4. The summed E-state index contributed by atoms with van der Waals surface area (Å²) < 4.78 is 0. The van der Waals surface area contributed by atoms with Crippen molar-refractivity contribution in [3.63, 3.8) is 0 Å². The van der Waals surface area contributed by atoms with E-state index in [-0.39, 0.29) is 0 Å². The smallest absolute Gasteiger partial charge is 0.373 e. The highest BCUT2D eigenvalue weighted by atomic mass is 16.4. The number of rotatable bonds is 8. The first-order valence-corrected chi connectivity index (χ1v) is 4.84. The molecule has 0 aliphatic carbocycles. The molecule has 0 radical (unpaired) electrons. The highest BCUT2D eigenvalue weighted by Gasteiger charge is 2.22. The van der Waals surface area contributed by atoms with E-state index in [1.54, 1.807) is 0 Å². The van der Waals surface area contributed by atoms with E-state index >= 15 is 0 Å². The second-order valence-electron chi connectivity index (χ2n) is 3.06. The van der Waals surface area contributed by atoms with Gasteiger partial charge in [-0.05, 0) is 25.9 Å². The van der Waals surface area contributed by atoms with Crippen molar-refractivity contribution in [1.82, 2.24) is 5.32 Å². The van der Waals surface area contributed by atoms with Gasteiger partial charge in [0.2, 0.25) is 0 Å². The van der Waals surface area contributed by atoms with Crippen molar-refractivity contribution in [2.45, 2.75) is 32.2 Å². The van der Waals surface area contributed by atoms with Gasteiger partial charge in [-0.15, -0.1) is 0 Å². The van der Waals surface area contributed by atoms with Crippen LogP contribution in [0.2, 0.25) is 0 Å². The predicted octanol–water partition coefficient (Wildman–Crippen LogP) is -0.253. The molecule has 0 rings (SSSR count). The first kappa shape index (κ1) is 13.1. The number of carboxylic acids is 1. The lowest BCUT2D eigenvalue weighted by Crippen LogP contribution is -2.40. The molecule has 4 N–H and O–H groups in total. The number of nitrogens with one attached hydrogen (secondary N) is 1. The zero-order valence-electron chi connectivity index (χ0n) is 8.45. The number of nitrogens with two attached hydrogens (primary N) is 1. The Morgan fingerprint density at radius 1 is 1.43 bits per heavy atom. The second-order valence-corrected chi connectivity index (χ2v) is 3.06.